The molecule has 2 aromatic rings. The predicted octanol–water partition coefficient (Wildman–Crippen LogP) is 3.60. The molecule has 1 heterocycles. The second-order valence-corrected chi connectivity index (χ2v) is 5.72. The summed E-state index contributed by atoms with van der Waals surface area (Å²) in [5.41, 5.74) is 1.86. The number of benzene rings is 1. The fourth-order valence-corrected chi connectivity index (χ4v) is 2.84. The zero-order valence-electron chi connectivity index (χ0n) is 9.55. The van der Waals surface area contributed by atoms with Crippen LogP contribution in [-0.2, 0) is 0 Å². The first kappa shape index (κ1) is 13.3. The highest BCUT2D eigenvalue weighted by Crippen LogP contribution is 2.31. The van der Waals surface area contributed by atoms with Crippen molar-refractivity contribution >= 4 is 33.2 Å². The number of hydrogen-bond acceptors (Lipinski definition) is 3. The smallest absolute Gasteiger partial charge is 0.336 e. The maximum Gasteiger partial charge on any atom is 0.336 e. The first-order chi connectivity index (χ1) is 8.50. The van der Waals surface area contributed by atoms with Crippen LogP contribution in [0.1, 0.15) is 32.5 Å². The maximum atomic E-state index is 11.0. The number of carbonyl (C=O) groups is 1. The molecule has 3 nitrogen and oxygen atoms in total. The van der Waals surface area contributed by atoms with E-state index >= 15 is 0 Å². The van der Waals surface area contributed by atoms with Crippen LogP contribution in [0.4, 0.5) is 0 Å². The minimum atomic E-state index is -1.01. The molecular weight excluding hydrogens is 316 g/mol. The van der Waals surface area contributed by atoms with Gasteiger partial charge in [-0.2, -0.15) is 0 Å². The van der Waals surface area contributed by atoms with E-state index in [2.05, 4.69) is 15.9 Å². The number of aliphatic hydroxyl groups excluding tert-OH is 1. The van der Waals surface area contributed by atoms with Gasteiger partial charge in [0.1, 0.15) is 6.10 Å². The van der Waals surface area contributed by atoms with Crippen LogP contribution < -0.4 is 0 Å². The van der Waals surface area contributed by atoms with Gasteiger partial charge in [-0.1, -0.05) is 28.1 Å². The molecule has 0 aliphatic heterocycles. The van der Waals surface area contributed by atoms with E-state index in [1.54, 1.807) is 11.4 Å². The molecule has 1 aromatic carbocycles. The molecule has 2 rings (SSSR count). The minimum Gasteiger partial charge on any atom is -0.478 e. The van der Waals surface area contributed by atoms with Gasteiger partial charge in [0.05, 0.1) is 10.4 Å². The van der Waals surface area contributed by atoms with Gasteiger partial charge in [0.25, 0.3) is 0 Å². The van der Waals surface area contributed by atoms with Crippen molar-refractivity contribution in [2.24, 2.45) is 0 Å². The summed E-state index contributed by atoms with van der Waals surface area (Å²) in [6.07, 6.45) is -0.900. The van der Waals surface area contributed by atoms with Gasteiger partial charge in [-0.25, -0.2) is 4.79 Å². The number of carboxylic acid groups (broad SMARTS) is 1. The second kappa shape index (κ2) is 5.22. The van der Waals surface area contributed by atoms with Crippen molar-refractivity contribution in [2.75, 3.05) is 0 Å². The molecule has 18 heavy (non-hydrogen) atoms. The van der Waals surface area contributed by atoms with Crippen LogP contribution in [0.5, 0.6) is 0 Å². The Morgan fingerprint density at radius 1 is 1.39 bits per heavy atom. The number of aryl methyl sites for hydroxylation is 1. The molecule has 0 radical (unpaired) electrons. The van der Waals surface area contributed by atoms with E-state index < -0.39 is 12.1 Å². The summed E-state index contributed by atoms with van der Waals surface area (Å²) >= 11 is 4.64. The zero-order chi connectivity index (χ0) is 13.3. The predicted molar refractivity (Wildman–Crippen MR) is 74.2 cm³/mol. The Morgan fingerprint density at radius 3 is 2.72 bits per heavy atom. The topological polar surface area (TPSA) is 57.5 Å². The Hall–Kier alpha value is -1.17. The number of thiophene rings is 1. The van der Waals surface area contributed by atoms with Crippen molar-refractivity contribution in [3.8, 4) is 0 Å². The van der Waals surface area contributed by atoms with Gasteiger partial charge in [0, 0.05) is 4.47 Å². The molecule has 5 heteroatoms. The van der Waals surface area contributed by atoms with Crippen molar-refractivity contribution in [2.45, 2.75) is 13.0 Å². The molecule has 1 unspecified atom stereocenters. The largest absolute Gasteiger partial charge is 0.478 e. The summed E-state index contributed by atoms with van der Waals surface area (Å²) in [6, 6.07) is 6.99. The van der Waals surface area contributed by atoms with Gasteiger partial charge >= 0.3 is 5.97 Å². The van der Waals surface area contributed by atoms with Gasteiger partial charge in [0.15, 0.2) is 0 Å². The van der Waals surface area contributed by atoms with E-state index in [-0.39, 0.29) is 5.56 Å². The van der Waals surface area contributed by atoms with Crippen molar-refractivity contribution in [3.05, 3.63) is 55.7 Å². The standard InChI is InChI=1S/C13H11BrO3S/c1-7-6-8(2-3-10(7)14)11(15)12-9(13(16)17)4-5-18-12/h2-6,11,15H,1H3,(H,16,17). The van der Waals surface area contributed by atoms with Gasteiger partial charge in [0.2, 0.25) is 0 Å². The van der Waals surface area contributed by atoms with E-state index in [4.69, 9.17) is 5.11 Å². The third-order valence-corrected chi connectivity index (χ3v) is 4.53. The lowest BCUT2D eigenvalue weighted by atomic mass is 10.0. The molecule has 94 valence electrons. The van der Waals surface area contributed by atoms with Crippen molar-refractivity contribution in [3.63, 3.8) is 0 Å². The number of carboxylic acids is 1. The molecule has 0 aliphatic rings. The van der Waals surface area contributed by atoms with E-state index in [1.807, 2.05) is 19.1 Å². The van der Waals surface area contributed by atoms with Gasteiger partial charge in [-0.05, 0) is 35.6 Å². The number of aromatic carboxylic acids is 1. The number of hydrogen-bond donors (Lipinski definition) is 2. The van der Waals surface area contributed by atoms with E-state index in [1.165, 1.54) is 17.4 Å². The highest BCUT2D eigenvalue weighted by molar-refractivity contribution is 9.10. The van der Waals surface area contributed by atoms with E-state index in [0.29, 0.717) is 10.4 Å². The number of aliphatic hydroxyl groups is 1. The lowest BCUT2D eigenvalue weighted by Gasteiger charge is -2.12. The lowest BCUT2D eigenvalue weighted by Crippen LogP contribution is -2.05. The third-order valence-electron chi connectivity index (χ3n) is 2.67. The maximum absolute atomic E-state index is 11.0. The molecule has 0 amide bonds. The SMILES string of the molecule is Cc1cc(C(O)c2sccc2C(=O)O)ccc1Br. The van der Waals surface area contributed by atoms with Crippen LogP contribution in [-0.4, -0.2) is 16.2 Å². The first-order valence-corrected chi connectivity index (χ1v) is 6.92. The summed E-state index contributed by atoms with van der Waals surface area (Å²) < 4.78 is 0.961. The summed E-state index contributed by atoms with van der Waals surface area (Å²) in [6.45, 7) is 1.92. The monoisotopic (exact) mass is 326 g/mol. The number of halogens is 1. The summed E-state index contributed by atoms with van der Waals surface area (Å²) in [4.78, 5) is 11.5. The third kappa shape index (κ3) is 2.48. The van der Waals surface area contributed by atoms with Crippen molar-refractivity contribution in [1.82, 2.24) is 0 Å². The summed E-state index contributed by atoms with van der Waals surface area (Å²) in [5, 5.41) is 21.0. The van der Waals surface area contributed by atoms with Crippen LogP contribution in [0.25, 0.3) is 0 Å². The van der Waals surface area contributed by atoms with Crippen LogP contribution in [0.3, 0.4) is 0 Å². The molecule has 1 atom stereocenters. The molecule has 1 aromatic heterocycles. The zero-order valence-corrected chi connectivity index (χ0v) is 12.0. The Labute approximate surface area is 117 Å². The average molecular weight is 327 g/mol. The van der Waals surface area contributed by atoms with Gasteiger partial charge in [-0.3, -0.25) is 0 Å². The van der Waals surface area contributed by atoms with Crippen LogP contribution >= 0.6 is 27.3 Å². The molecule has 0 spiro atoms. The lowest BCUT2D eigenvalue weighted by molar-refractivity contribution is 0.0692. The van der Waals surface area contributed by atoms with Crippen LogP contribution in [0.15, 0.2) is 34.1 Å². The Kier molecular flexibility index (Phi) is 3.85. The quantitative estimate of drug-likeness (QED) is 0.906. The van der Waals surface area contributed by atoms with Crippen LogP contribution in [0.2, 0.25) is 0 Å². The Bertz CT molecular complexity index is 592. The van der Waals surface area contributed by atoms with Crippen molar-refractivity contribution in [1.29, 1.82) is 0 Å². The number of rotatable bonds is 3. The Morgan fingerprint density at radius 2 is 2.11 bits per heavy atom. The van der Waals surface area contributed by atoms with Gasteiger partial charge in [-0.15, -0.1) is 11.3 Å². The first-order valence-electron chi connectivity index (χ1n) is 5.25. The normalized spacial score (nSPS) is 12.4. The molecule has 0 bridgehead atoms. The molecule has 0 saturated carbocycles. The molecule has 0 aliphatic carbocycles. The second-order valence-electron chi connectivity index (χ2n) is 3.91. The van der Waals surface area contributed by atoms with Crippen molar-refractivity contribution < 1.29 is 15.0 Å². The summed E-state index contributed by atoms with van der Waals surface area (Å²) in [5.74, 6) is -1.01. The molecular formula is C13H11BrO3S. The summed E-state index contributed by atoms with van der Waals surface area (Å²) in [7, 11) is 0. The fraction of sp³-hybridized carbons (Fsp3) is 0.154. The minimum absolute atomic E-state index is 0.160. The van der Waals surface area contributed by atoms with Crippen LogP contribution in [0, 0.1) is 6.92 Å². The highest BCUT2D eigenvalue weighted by atomic mass is 79.9. The Balaban J connectivity index is 2.41. The fourth-order valence-electron chi connectivity index (χ4n) is 1.70. The highest BCUT2D eigenvalue weighted by Gasteiger charge is 2.20. The molecule has 2 N–H and O–H groups in total. The van der Waals surface area contributed by atoms with Gasteiger partial charge < -0.3 is 10.2 Å². The van der Waals surface area contributed by atoms with E-state index in [9.17, 15) is 9.90 Å². The van der Waals surface area contributed by atoms with E-state index in [0.717, 1.165) is 10.0 Å². The average Bonchev–Trinajstić information content (AvgIpc) is 2.81. The molecule has 0 fully saturated rings. The molecule has 0 saturated heterocycles.